The van der Waals surface area contributed by atoms with Crippen LogP contribution in [0, 0.1) is 15.5 Å². The van der Waals surface area contributed by atoms with Crippen LogP contribution in [0.25, 0.3) is 0 Å². The van der Waals surface area contributed by atoms with Crippen LogP contribution in [-0.4, -0.2) is 31.8 Å². The Balaban J connectivity index is 2.13. The molecule has 1 saturated heterocycles. The highest BCUT2D eigenvalue weighted by atomic mass is 16.6. The van der Waals surface area contributed by atoms with Crippen LogP contribution in [0.15, 0.2) is 18.2 Å². The van der Waals surface area contributed by atoms with Gasteiger partial charge in [-0.3, -0.25) is 10.1 Å². The second-order valence-electron chi connectivity index (χ2n) is 4.80. The molecule has 0 saturated carbocycles. The highest BCUT2D eigenvalue weighted by molar-refractivity contribution is 5.64. The molecule has 1 fully saturated rings. The minimum absolute atomic E-state index is 0.0261. The van der Waals surface area contributed by atoms with Gasteiger partial charge < -0.3 is 14.8 Å². The molecule has 1 heterocycles. The van der Waals surface area contributed by atoms with Gasteiger partial charge in [0.25, 0.3) is 5.69 Å². The topological polar surface area (TPSA) is 73.6 Å². The van der Waals surface area contributed by atoms with E-state index in [1.807, 2.05) is 0 Å². The number of nitro benzene ring substituents is 1. The number of hydrogen-bond donors (Lipinski definition) is 1. The molecule has 6 heteroatoms. The zero-order chi connectivity index (χ0) is 13.2. The zero-order valence-electron chi connectivity index (χ0n) is 10.4. The van der Waals surface area contributed by atoms with Crippen LogP contribution in [0.4, 0.5) is 11.4 Å². The Morgan fingerprint density at radius 3 is 2.78 bits per heavy atom. The molecule has 18 heavy (non-hydrogen) atoms. The average molecular weight is 252 g/mol. The standard InChI is InChI=1S/C12H16N2O4/c1-12(7-18-8-12)6-13-10-4-3-9(17-2)5-11(10)14(15)16/h3-5,13H,6-8H2,1-2H3. The molecule has 0 spiro atoms. The normalized spacial score (nSPS) is 16.8. The predicted molar refractivity (Wildman–Crippen MR) is 67.1 cm³/mol. The Labute approximate surface area is 105 Å². The fraction of sp³-hybridized carbons (Fsp3) is 0.500. The summed E-state index contributed by atoms with van der Waals surface area (Å²) in [4.78, 5) is 10.6. The summed E-state index contributed by atoms with van der Waals surface area (Å²) < 4.78 is 10.1. The molecule has 1 aromatic carbocycles. The molecule has 0 atom stereocenters. The van der Waals surface area contributed by atoms with Crippen LogP contribution < -0.4 is 10.1 Å². The summed E-state index contributed by atoms with van der Waals surface area (Å²) in [5, 5.41) is 14.1. The van der Waals surface area contributed by atoms with E-state index in [2.05, 4.69) is 12.2 Å². The van der Waals surface area contributed by atoms with E-state index in [1.165, 1.54) is 13.2 Å². The van der Waals surface area contributed by atoms with Gasteiger partial charge in [-0.25, -0.2) is 0 Å². The number of rotatable bonds is 5. The zero-order valence-corrected chi connectivity index (χ0v) is 10.4. The van der Waals surface area contributed by atoms with Gasteiger partial charge in [-0.1, -0.05) is 6.92 Å². The lowest BCUT2D eigenvalue weighted by Gasteiger charge is -2.38. The van der Waals surface area contributed by atoms with Crippen molar-refractivity contribution in [2.45, 2.75) is 6.92 Å². The minimum atomic E-state index is -0.412. The van der Waals surface area contributed by atoms with Crippen molar-refractivity contribution in [2.75, 3.05) is 32.2 Å². The molecule has 1 aromatic rings. The third kappa shape index (κ3) is 2.53. The fourth-order valence-electron chi connectivity index (χ4n) is 1.80. The van der Waals surface area contributed by atoms with Gasteiger partial charge >= 0.3 is 0 Å². The van der Waals surface area contributed by atoms with E-state index in [1.54, 1.807) is 12.1 Å². The van der Waals surface area contributed by atoms with Crippen LogP contribution in [-0.2, 0) is 4.74 Å². The molecule has 0 radical (unpaired) electrons. The maximum atomic E-state index is 11.0. The SMILES string of the molecule is COc1ccc(NCC2(C)COC2)c([N+](=O)[O-])c1. The lowest BCUT2D eigenvalue weighted by Crippen LogP contribution is -2.45. The van der Waals surface area contributed by atoms with Crippen molar-refractivity contribution in [3.05, 3.63) is 28.3 Å². The second-order valence-corrected chi connectivity index (χ2v) is 4.80. The fourth-order valence-corrected chi connectivity index (χ4v) is 1.80. The Kier molecular flexibility index (Phi) is 3.38. The first-order valence-electron chi connectivity index (χ1n) is 5.68. The van der Waals surface area contributed by atoms with Crippen molar-refractivity contribution in [1.82, 2.24) is 0 Å². The maximum Gasteiger partial charge on any atom is 0.296 e. The van der Waals surface area contributed by atoms with E-state index in [4.69, 9.17) is 9.47 Å². The molecular weight excluding hydrogens is 236 g/mol. The predicted octanol–water partition coefficient (Wildman–Crippen LogP) is 2.05. The number of nitro groups is 1. The number of nitrogens with zero attached hydrogens (tertiary/aromatic N) is 1. The van der Waals surface area contributed by atoms with E-state index >= 15 is 0 Å². The van der Waals surface area contributed by atoms with Crippen molar-refractivity contribution >= 4 is 11.4 Å². The van der Waals surface area contributed by atoms with Crippen molar-refractivity contribution in [1.29, 1.82) is 0 Å². The van der Waals surface area contributed by atoms with Crippen molar-refractivity contribution in [3.63, 3.8) is 0 Å². The molecule has 0 aromatic heterocycles. The number of ether oxygens (including phenoxy) is 2. The summed E-state index contributed by atoms with van der Waals surface area (Å²) in [6.45, 7) is 4.10. The van der Waals surface area contributed by atoms with E-state index in [-0.39, 0.29) is 11.1 Å². The van der Waals surface area contributed by atoms with Gasteiger partial charge in [0, 0.05) is 12.0 Å². The molecular formula is C12H16N2O4. The molecule has 98 valence electrons. The number of methoxy groups -OCH3 is 1. The molecule has 0 bridgehead atoms. The molecule has 1 N–H and O–H groups in total. The molecule has 1 aliphatic heterocycles. The van der Waals surface area contributed by atoms with E-state index in [9.17, 15) is 10.1 Å². The monoisotopic (exact) mass is 252 g/mol. The smallest absolute Gasteiger partial charge is 0.296 e. The molecule has 2 rings (SSSR count). The first-order valence-corrected chi connectivity index (χ1v) is 5.68. The van der Waals surface area contributed by atoms with Crippen LogP contribution in [0.3, 0.4) is 0 Å². The van der Waals surface area contributed by atoms with Gasteiger partial charge in [0.1, 0.15) is 11.4 Å². The van der Waals surface area contributed by atoms with Gasteiger partial charge in [0.15, 0.2) is 0 Å². The quantitative estimate of drug-likeness (QED) is 0.641. The largest absolute Gasteiger partial charge is 0.496 e. The Hall–Kier alpha value is -1.82. The lowest BCUT2D eigenvalue weighted by molar-refractivity contribution is -0.384. The third-order valence-corrected chi connectivity index (χ3v) is 3.01. The van der Waals surface area contributed by atoms with Crippen LogP contribution in [0.2, 0.25) is 0 Å². The molecule has 6 nitrogen and oxygen atoms in total. The van der Waals surface area contributed by atoms with E-state index in [0.717, 1.165) is 0 Å². The van der Waals surface area contributed by atoms with E-state index in [0.29, 0.717) is 31.2 Å². The first kappa shape index (κ1) is 12.6. The third-order valence-electron chi connectivity index (χ3n) is 3.01. The van der Waals surface area contributed by atoms with Gasteiger partial charge in [-0.2, -0.15) is 0 Å². The van der Waals surface area contributed by atoms with Crippen LogP contribution in [0.1, 0.15) is 6.92 Å². The number of nitrogens with one attached hydrogen (secondary N) is 1. The Bertz CT molecular complexity index is 457. The molecule has 0 aliphatic carbocycles. The minimum Gasteiger partial charge on any atom is -0.496 e. The van der Waals surface area contributed by atoms with Gasteiger partial charge in [-0.15, -0.1) is 0 Å². The Morgan fingerprint density at radius 1 is 1.56 bits per heavy atom. The van der Waals surface area contributed by atoms with Gasteiger partial charge in [-0.05, 0) is 12.1 Å². The number of anilines is 1. The van der Waals surface area contributed by atoms with Crippen LogP contribution >= 0.6 is 0 Å². The summed E-state index contributed by atoms with van der Waals surface area (Å²) in [7, 11) is 1.49. The summed E-state index contributed by atoms with van der Waals surface area (Å²) in [6.07, 6.45) is 0. The summed E-state index contributed by atoms with van der Waals surface area (Å²) >= 11 is 0. The van der Waals surface area contributed by atoms with E-state index < -0.39 is 4.92 Å². The van der Waals surface area contributed by atoms with Crippen LogP contribution in [0.5, 0.6) is 5.75 Å². The van der Waals surface area contributed by atoms with Crippen molar-refractivity contribution < 1.29 is 14.4 Å². The number of benzene rings is 1. The van der Waals surface area contributed by atoms with Gasteiger partial charge in [0.05, 0.1) is 31.3 Å². The molecule has 0 amide bonds. The molecule has 1 aliphatic rings. The summed E-state index contributed by atoms with van der Waals surface area (Å²) in [5.74, 6) is 0.477. The Morgan fingerprint density at radius 2 is 2.28 bits per heavy atom. The average Bonchev–Trinajstić information content (AvgIpc) is 2.33. The summed E-state index contributed by atoms with van der Waals surface area (Å²) in [5.41, 5.74) is 0.598. The summed E-state index contributed by atoms with van der Waals surface area (Å²) in [6, 6.07) is 4.79. The lowest BCUT2D eigenvalue weighted by atomic mass is 9.88. The molecule has 0 unspecified atom stereocenters. The highest BCUT2D eigenvalue weighted by Crippen LogP contribution is 2.32. The van der Waals surface area contributed by atoms with Crippen molar-refractivity contribution in [2.24, 2.45) is 5.41 Å². The second kappa shape index (κ2) is 4.81. The highest BCUT2D eigenvalue weighted by Gasteiger charge is 2.33. The maximum absolute atomic E-state index is 11.0. The first-order chi connectivity index (χ1) is 8.54. The van der Waals surface area contributed by atoms with Gasteiger partial charge in [0.2, 0.25) is 0 Å². The van der Waals surface area contributed by atoms with Crippen molar-refractivity contribution in [3.8, 4) is 5.75 Å². The number of hydrogen-bond acceptors (Lipinski definition) is 5.